The van der Waals surface area contributed by atoms with E-state index in [1.54, 1.807) is 6.08 Å². The van der Waals surface area contributed by atoms with Gasteiger partial charge in [-0.3, -0.25) is 4.79 Å². The highest BCUT2D eigenvalue weighted by atomic mass is 16.3. The van der Waals surface area contributed by atoms with Crippen molar-refractivity contribution in [1.82, 2.24) is 0 Å². The fourth-order valence-corrected chi connectivity index (χ4v) is 7.85. The van der Waals surface area contributed by atoms with E-state index < -0.39 is 11.5 Å². The number of carbonyl (C=O) groups is 2. The van der Waals surface area contributed by atoms with Crippen LogP contribution in [0.5, 0.6) is 0 Å². The van der Waals surface area contributed by atoms with Gasteiger partial charge in [-0.15, -0.1) is 0 Å². The normalized spacial score (nSPS) is 56.8. The van der Waals surface area contributed by atoms with Crippen LogP contribution in [0.25, 0.3) is 0 Å². The predicted octanol–water partition coefficient (Wildman–Crippen LogP) is 4.35. The summed E-state index contributed by atoms with van der Waals surface area (Å²) in [4.78, 5) is 24.3. The molecular formula is C24H34O3. The summed E-state index contributed by atoms with van der Waals surface area (Å²) in [5.74, 6) is 1.46. The molecule has 3 fully saturated rings. The minimum Gasteiger partial charge on any atom is -0.392 e. The number of aliphatic hydroxyl groups is 1. The number of rotatable bonds is 1. The molecule has 5 unspecified atom stereocenters. The maximum Gasteiger partial charge on any atom is 0.178 e. The molecule has 3 heteroatoms. The molecule has 0 spiro atoms. The summed E-state index contributed by atoms with van der Waals surface area (Å²) in [7, 11) is 0. The van der Waals surface area contributed by atoms with Gasteiger partial charge in [0.25, 0.3) is 0 Å². The molecule has 0 saturated heterocycles. The van der Waals surface area contributed by atoms with Crippen LogP contribution in [0.3, 0.4) is 0 Å². The lowest BCUT2D eigenvalue weighted by Gasteiger charge is -2.66. The molecule has 4 aliphatic carbocycles. The molecular weight excluding hydrogens is 336 g/mol. The van der Waals surface area contributed by atoms with Gasteiger partial charge in [0.2, 0.25) is 0 Å². The van der Waals surface area contributed by atoms with Crippen molar-refractivity contribution >= 4 is 12.1 Å². The molecule has 0 aromatic rings. The highest BCUT2D eigenvalue weighted by molar-refractivity contribution is 6.01. The third-order valence-corrected chi connectivity index (χ3v) is 10.2. The Kier molecular flexibility index (Phi) is 3.85. The lowest BCUT2D eigenvalue weighted by molar-refractivity contribution is -0.191. The molecule has 0 amide bonds. The van der Waals surface area contributed by atoms with Gasteiger partial charge >= 0.3 is 0 Å². The predicted molar refractivity (Wildman–Crippen MR) is 106 cm³/mol. The Morgan fingerprint density at radius 1 is 1.11 bits per heavy atom. The minimum atomic E-state index is -0.493. The molecule has 9 atom stereocenters. The summed E-state index contributed by atoms with van der Waals surface area (Å²) in [6.07, 6.45) is 8.94. The summed E-state index contributed by atoms with van der Waals surface area (Å²) in [6, 6.07) is 0. The fourth-order valence-electron chi connectivity index (χ4n) is 7.85. The second-order valence-corrected chi connectivity index (χ2v) is 10.8. The Morgan fingerprint density at radius 2 is 1.78 bits per heavy atom. The van der Waals surface area contributed by atoms with E-state index in [-0.39, 0.29) is 22.0 Å². The third-order valence-electron chi connectivity index (χ3n) is 10.2. The zero-order valence-corrected chi connectivity index (χ0v) is 17.6. The number of hydrogen-bond donors (Lipinski definition) is 1. The monoisotopic (exact) mass is 370 g/mol. The summed E-state index contributed by atoms with van der Waals surface area (Å²) in [5, 5.41) is 11.6. The average molecular weight is 371 g/mol. The van der Waals surface area contributed by atoms with Crippen molar-refractivity contribution in [3.8, 4) is 0 Å². The van der Waals surface area contributed by atoms with Crippen molar-refractivity contribution < 1.29 is 14.7 Å². The van der Waals surface area contributed by atoms with Crippen molar-refractivity contribution in [1.29, 1.82) is 0 Å². The molecule has 4 aliphatic rings. The molecule has 1 N–H and O–H groups in total. The average Bonchev–Trinajstić information content (AvgIpc) is 2.80. The second kappa shape index (κ2) is 5.43. The number of carbonyl (C=O) groups excluding carboxylic acids is 2. The van der Waals surface area contributed by atoms with Crippen LogP contribution < -0.4 is 0 Å². The van der Waals surface area contributed by atoms with Gasteiger partial charge in [0.1, 0.15) is 6.29 Å². The molecule has 0 aliphatic heterocycles. The first-order valence-electron chi connectivity index (χ1n) is 10.6. The maximum atomic E-state index is 12.2. The number of ketones is 1. The number of aldehydes is 1. The fraction of sp³-hybridized carbons (Fsp3) is 0.750. The largest absolute Gasteiger partial charge is 0.392 e. The summed E-state index contributed by atoms with van der Waals surface area (Å²) in [6.45, 7) is 13.2. The van der Waals surface area contributed by atoms with E-state index in [1.165, 1.54) is 11.9 Å². The highest BCUT2D eigenvalue weighted by Gasteiger charge is 2.71. The summed E-state index contributed by atoms with van der Waals surface area (Å²) >= 11 is 0. The molecule has 0 aromatic heterocycles. The molecule has 3 nitrogen and oxygen atoms in total. The quantitative estimate of drug-likeness (QED) is 0.698. The molecule has 148 valence electrons. The molecule has 0 radical (unpaired) electrons. The first-order chi connectivity index (χ1) is 12.5. The Labute approximate surface area is 163 Å². The topological polar surface area (TPSA) is 54.4 Å². The van der Waals surface area contributed by atoms with Crippen molar-refractivity contribution in [2.24, 2.45) is 45.3 Å². The van der Waals surface area contributed by atoms with Crippen molar-refractivity contribution in [3.63, 3.8) is 0 Å². The van der Waals surface area contributed by atoms with Crippen molar-refractivity contribution in [3.05, 3.63) is 23.8 Å². The standard InChI is InChI=1S/C24H34O3/c1-14-9-19-18-10-15(2)23(5,13-25)22(18,4)12-20(27)24(19,6)21(3)8-7-16(26)11-17(14)21/h7-8,11,13-15,18-20,27H,9-10,12H2,1-6H3/t14-,15+,18?,19?,20?,21?,22?,23-,24+/m0/s1. The van der Waals surface area contributed by atoms with Crippen LogP contribution in [0.4, 0.5) is 0 Å². The van der Waals surface area contributed by atoms with E-state index in [1.807, 2.05) is 6.08 Å². The molecule has 0 aromatic carbocycles. The lowest BCUT2D eigenvalue weighted by atomic mass is 9.38. The molecule has 4 rings (SSSR count). The van der Waals surface area contributed by atoms with Gasteiger partial charge in [-0.1, -0.05) is 53.2 Å². The zero-order valence-electron chi connectivity index (χ0n) is 17.6. The van der Waals surface area contributed by atoms with E-state index >= 15 is 0 Å². The Bertz CT molecular complexity index is 766. The Balaban J connectivity index is 1.88. The molecule has 0 heterocycles. The highest BCUT2D eigenvalue weighted by Crippen LogP contribution is 2.74. The van der Waals surface area contributed by atoms with Gasteiger partial charge in [-0.2, -0.15) is 0 Å². The van der Waals surface area contributed by atoms with Crippen LogP contribution in [0.2, 0.25) is 0 Å². The van der Waals surface area contributed by atoms with Crippen LogP contribution in [0.15, 0.2) is 23.8 Å². The van der Waals surface area contributed by atoms with Crippen LogP contribution in [0, 0.1) is 45.3 Å². The first-order valence-corrected chi connectivity index (χ1v) is 10.6. The number of fused-ring (bicyclic) bond motifs is 5. The van der Waals surface area contributed by atoms with Gasteiger partial charge in [-0.05, 0) is 60.5 Å². The van der Waals surface area contributed by atoms with Crippen molar-refractivity contribution in [2.45, 2.75) is 66.9 Å². The first kappa shape index (κ1) is 19.1. The lowest BCUT2D eigenvalue weighted by Crippen LogP contribution is -2.64. The van der Waals surface area contributed by atoms with Gasteiger partial charge in [-0.25, -0.2) is 0 Å². The van der Waals surface area contributed by atoms with Gasteiger partial charge in [0.15, 0.2) is 5.78 Å². The van der Waals surface area contributed by atoms with E-state index in [4.69, 9.17) is 0 Å². The Hall–Kier alpha value is -1.22. The van der Waals surface area contributed by atoms with E-state index in [9.17, 15) is 14.7 Å². The molecule has 0 bridgehead atoms. The van der Waals surface area contributed by atoms with E-state index in [0.29, 0.717) is 30.1 Å². The van der Waals surface area contributed by atoms with Crippen LogP contribution in [0.1, 0.15) is 60.8 Å². The maximum absolute atomic E-state index is 12.2. The molecule has 27 heavy (non-hydrogen) atoms. The third kappa shape index (κ3) is 1.97. The molecule has 3 saturated carbocycles. The van der Waals surface area contributed by atoms with Gasteiger partial charge < -0.3 is 9.90 Å². The van der Waals surface area contributed by atoms with Crippen molar-refractivity contribution in [2.75, 3.05) is 0 Å². The Morgan fingerprint density at radius 3 is 2.41 bits per heavy atom. The summed E-state index contributed by atoms with van der Waals surface area (Å²) in [5.41, 5.74) is -0.0175. The number of aliphatic hydroxyl groups excluding tert-OH is 1. The van der Waals surface area contributed by atoms with Crippen LogP contribution in [-0.2, 0) is 9.59 Å². The van der Waals surface area contributed by atoms with Gasteiger partial charge in [0.05, 0.1) is 6.10 Å². The number of allylic oxidation sites excluding steroid dienone is 4. The SMILES string of the molecule is C[C@@H]1CC2C3C[C@H](C)C4=CC(=O)C=CC4(C)[C@@]3(C)C(O)CC2(C)[C@@]1(C)C=O. The van der Waals surface area contributed by atoms with Crippen LogP contribution in [-0.4, -0.2) is 23.3 Å². The smallest absolute Gasteiger partial charge is 0.178 e. The number of hydrogen-bond acceptors (Lipinski definition) is 3. The zero-order chi connectivity index (χ0) is 20.0. The van der Waals surface area contributed by atoms with E-state index in [0.717, 1.165) is 12.8 Å². The van der Waals surface area contributed by atoms with Gasteiger partial charge in [0, 0.05) is 16.2 Å². The minimum absolute atomic E-state index is 0.0644. The summed E-state index contributed by atoms with van der Waals surface area (Å²) < 4.78 is 0. The van der Waals surface area contributed by atoms with E-state index in [2.05, 4.69) is 47.6 Å². The van der Waals surface area contributed by atoms with Crippen LogP contribution >= 0.6 is 0 Å². The second-order valence-electron chi connectivity index (χ2n) is 10.8.